The first-order valence-corrected chi connectivity index (χ1v) is 7.75. The summed E-state index contributed by atoms with van der Waals surface area (Å²) in [5, 5.41) is 3.60. The number of halogens is 1. The van der Waals surface area contributed by atoms with Gasteiger partial charge in [0.1, 0.15) is 0 Å². The number of fused-ring (bicyclic) bond motifs is 1. The summed E-state index contributed by atoms with van der Waals surface area (Å²) in [6.45, 7) is 3.75. The number of benzene rings is 1. The molecule has 1 unspecified atom stereocenters. The number of nitrogens with one attached hydrogen (secondary N) is 1. The monoisotopic (exact) mass is 350 g/mol. The highest BCUT2D eigenvalue weighted by Crippen LogP contribution is 2.31. The standard InChI is InChI=1S/C16H15ClN2O5/c1-8-10-4-3-5-11(17)13(10)24-12(8)15(21)23-9(2)14(20)19-7-6-18-16(19)22/h3-5,9H,6-7H2,1-2H3,(H,18,22). The van der Waals surface area contributed by atoms with Crippen molar-refractivity contribution in [3.63, 3.8) is 0 Å². The molecule has 1 atom stereocenters. The van der Waals surface area contributed by atoms with Crippen LogP contribution in [0.5, 0.6) is 0 Å². The van der Waals surface area contributed by atoms with E-state index in [0.717, 1.165) is 4.90 Å². The van der Waals surface area contributed by atoms with E-state index >= 15 is 0 Å². The number of ether oxygens (including phenoxy) is 1. The average molecular weight is 351 g/mol. The molecule has 0 radical (unpaired) electrons. The Morgan fingerprint density at radius 2 is 2.17 bits per heavy atom. The van der Waals surface area contributed by atoms with E-state index in [4.69, 9.17) is 20.8 Å². The summed E-state index contributed by atoms with van der Waals surface area (Å²) in [6, 6.07) is 4.69. The minimum atomic E-state index is -1.11. The number of hydrogen-bond donors (Lipinski definition) is 1. The molecule has 1 N–H and O–H groups in total. The second-order valence-corrected chi connectivity index (χ2v) is 5.85. The minimum Gasteiger partial charge on any atom is -0.447 e. The summed E-state index contributed by atoms with van der Waals surface area (Å²) in [5.74, 6) is -1.37. The van der Waals surface area contributed by atoms with Gasteiger partial charge in [-0.2, -0.15) is 0 Å². The molecule has 24 heavy (non-hydrogen) atoms. The summed E-state index contributed by atoms with van der Waals surface area (Å²) in [6.07, 6.45) is -1.11. The predicted octanol–water partition coefficient (Wildman–Crippen LogP) is 2.49. The number of amides is 3. The molecule has 3 amide bonds. The molecule has 126 valence electrons. The number of para-hydroxylation sites is 1. The van der Waals surface area contributed by atoms with Crippen molar-refractivity contribution in [2.45, 2.75) is 20.0 Å². The maximum absolute atomic E-state index is 12.3. The van der Waals surface area contributed by atoms with Gasteiger partial charge >= 0.3 is 12.0 Å². The van der Waals surface area contributed by atoms with Crippen LogP contribution >= 0.6 is 11.6 Å². The van der Waals surface area contributed by atoms with Gasteiger partial charge in [0.2, 0.25) is 5.76 Å². The van der Waals surface area contributed by atoms with Gasteiger partial charge in [0, 0.05) is 24.0 Å². The quantitative estimate of drug-likeness (QED) is 0.859. The summed E-state index contributed by atoms with van der Waals surface area (Å²) in [5.41, 5.74) is 0.970. The number of esters is 1. The van der Waals surface area contributed by atoms with E-state index in [0.29, 0.717) is 28.1 Å². The van der Waals surface area contributed by atoms with E-state index in [9.17, 15) is 14.4 Å². The highest BCUT2D eigenvalue weighted by Gasteiger charge is 2.32. The Morgan fingerprint density at radius 3 is 2.79 bits per heavy atom. The first-order chi connectivity index (χ1) is 11.4. The molecule has 0 spiro atoms. The molecule has 0 aliphatic carbocycles. The largest absolute Gasteiger partial charge is 0.447 e. The Kier molecular flexibility index (Phi) is 4.19. The van der Waals surface area contributed by atoms with Crippen molar-refractivity contribution >= 4 is 40.5 Å². The molecular formula is C16H15ClN2O5. The third-order valence-corrected chi connectivity index (χ3v) is 4.15. The molecule has 1 saturated heterocycles. The van der Waals surface area contributed by atoms with Crippen LogP contribution in [0.2, 0.25) is 5.02 Å². The van der Waals surface area contributed by atoms with E-state index in [-0.39, 0.29) is 12.3 Å². The number of urea groups is 1. The van der Waals surface area contributed by atoms with Gasteiger partial charge in [-0.3, -0.25) is 9.69 Å². The van der Waals surface area contributed by atoms with Crippen LogP contribution < -0.4 is 5.32 Å². The molecule has 3 rings (SSSR count). The van der Waals surface area contributed by atoms with Gasteiger partial charge in [0.25, 0.3) is 5.91 Å². The van der Waals surface area contributed by atoms with Crippen molar-refractivity contribution in [1.29, 1.82) is 0 Å². The number of rotatable bonds is 3. The van der Waals surface area contributed by atoms with Crippen LogP contribution in [0.4, 0.5) is 4.79 Å². The number of imide groups is 1. The lowest BCUT2D eigenvalue weighted by Crippen LogP contribution is -2.41. The Balaban J connectivity index is 1.80. The van der Waals surface area contributed by atoms with Crippen LogP contribution in [0.3, 0.4) is 0 Å². The van der Waals surface area contributed by atoms with Crippen molar-refractivity contribution in [3.8, 4) is 0 Å². The Hall–Kier alpha value is -2.54. The van der Waals surface area contributed by atoms with Crippen molar-refractivity contribution in [3.05, 3.63) is 34.5 Å². The molecule has 8 heteroatoms. The number of hydrogen-bond acceptors (Lipinski definition) is 5. The topological polar surface area (TPSA) is 88.9 Å². The number of furan rings is 1. The van der Waals surface area contributed by atoms with Crippen molar-refractivity contribution in [1.82, 2.24) is 10.2 Å². The Bertz CT molecular complexity index is 844. The molecule has 2 aromatic rings. The highest BCUT2D eigenvalue weighted by molar-refractivity contribution is 6.35. The maximum Gasteiger partial charge on any atom is 0.375 e. The van der Waals surface area contributed by atoms with Gasteiger partial charge in [-0.05, 0) is 19.9 Å². The number of carbonyl (C=O) groups excluding carboxylic acids is 3. The molecule has 1 aliphatic heterocycles. The maximum atomic E-state index is 12.3. The lowest BCUT2D eigenvalue weighted by Gasteiger charge is -2.17. The zero-order valence-electron chi connectivity index (χ0n) is 13.1. The van der Waals surface area contributed by atoms with Crippen molar-refractivity contribution < 1.29 is 23.5 Å². The van der Waals surface area contributed by atoms with E-state index in [1.807, 2.05) is 0 Å². The number of nitrogens with zero attached hydrogens (tertiary/aromatic N) is 1. The van der Waals surface area contributed by atoms with Crippen molar-refractivity contribution in [2.75, 3.05) is 13.1 Å². The van der Waals surface area contributed by atoms with Gasteiger partial charge in [-0.25, -0.2) is 9.59 Å². The molecule has 1 fully saturated rings. The molecule has 1 aliphatic rings. The van der Waals surface area contributed by atoms with Gasteiger partial charge < -0.3 is 14.5 Å². The molecule has 2 heterocycles. The first-order valence-electron chi connectivity index (χ1n) is 7.38. The minimum absolute atomic E-state index is 0.0105. The van der Waals surface area contributed by atoms with Gasteiger partial charge in [0.15, 0.2) is 11.7 Å². The summed E-state index contributed by atoms with van der Waals surface area (Å²) < 4.78 is 10.7. The fourth-order valence-corrected chi connectivity index (χ4v) is 2.78. The van der Waals surface area contributed by atoms with Crippen LogP contribution in [-0.4, -0.2) is 42.0 Å². The van der Waals surface area contributed by atoms with Gasteiger partial charge in [-0.15, -0.1) is 0 Å². The Morgan fingerprint density at radius 1 is 1.42 bits per heavy atom. The van der Waals surface area contributed by atoms with Gasteiger partial charge in [-0.1, -0.05) is 23.7 Å². The molecule has 7 nitrogen and oxygen atoms in total. The second kappa shape index (κ2) is 6.16. The van der Waals surface area contributed by atoms with E-state index in [2.05, 4.69) is 5.32 Å². The van der Waals surface area contributed by atoms with Crippen LogP contribution in [0, 0.1) is 6.92 Å². The summed E-state index contributed by atoms with van der Waals surface area (Å²) in [7, 11) is 0. The normalized spacial score (nSPS) is 15.5. The zero-order valence-corrected chi connectivity index (χ0v) is 13.8. The van der Waals surface area contributed by atoms with Crippen LogP contribution in [0.1, 0.15) is 23.0 Å². The summed E-state index contributed by atoms with van der Waals surface area (Å²) in [4.78, 5) is 37.0. The van der Waals surface area contributed by atoms with Gasteiger partial charge in [0.05, 0.1) is 5.02 Å². The molecule has 1 aromatic carbocycles. The fraction of sp³-hybridized carbons (Fsp3) is 0.312. The smallest absolute Gasteiger partial charge is 0.375 e. The van der Waals surface area contributed by atoms with E-state index in [1.165, 1.54) is 6.92 Å². The number of aryl methyl sites for hydroxylation is 1. The lowest BCUT2D eigenvalue weighted by atomic mass is 10.1. The average Bonchev–Trinajstić information content (AvgIpc) is 3.11. The molecular weight excluding hydrogens is 336 g/mol. The fourth-order valence-electron chi connectivity index (χ4n) is 2.57. The first kappa shape index (κ1) is 16.3. The highest BCUT2D eigenvalue weighted by atomic mass is 35.5. The van der Waals surface area contributed by atoms with E-state index in [1.54, 1.807) is 25.1 Å². The second-order valence-electron chi connectivity index (χ2n) is 5.44. The van der Waals surface area contributed by atoms with Crippen LogP contribution in [-0.2, 0) is 9.53 Å². The zero-order chi connectivity index (χ0) is 17.4. The lowest BCUT2D eigenvalue weighted by molar-refractivity contribution is -0.136. The number of carbonyl (C=O) groups is 3. The Labute approximate surface area is 142 Å². The molecule has 1 aromatic heterocycles. The SMILES string of the molecule is Cc1c(C(=O)OC(C)C(=O)N2CCNC2=O)oc2c(Cl)cccc12. The molecule has 0 saturated carbocycles. The third kappa shape index (κ3) is 2.71. The third-order valence-electron chi connectivity index (χ3n) is 3.86. The molecule has 0 bridgehead atoms. The predicted molar refractivity (Wildman–Crippen MR) is 86.0 cm³/mol. The van der Waals surface area contributed by atoms with E-state index < -0.39 is 24.0 Å². The van der Waals surface area contributed by atoms with Crippen LogP contribution in [0.25, 0.3) is 11.0 Å². The van der Waals surface area contributed by atoms with Crippen LogP contribution in [0.15, 0.2) is 22.6 Å². The summed E-state index contributed by atoms with van der Waals surface area (Å²) >= 11 is 6.05. The van der Waals surface area contributed by atoms with Crippen molar-refractivity contribution in [2.24, 2.45) is 0 Å².